The van der Waals surface area contributed by atoms with Crippen LogP contribution in [0.25, 0.3) is 11.0 Å². The van der Waals surface area contributed by atoms with E-state index in [1.807, 2.05) is 37.8 Å². The average Bonchev–Trinajstić information content (AvgIpc) is 3.01. The van der Waals surface area contributed by atoms with Crippen LogP contribution in [0.15, 0.2) is 76.6 Å². The van der Waals surface area contributed by atoms with Crippen LogP contribution < -0.4 is 10.6 Å². The van der Waals surface area contributed by atoms with Gasteiger partial charge in [-0.05, 0) is 62.1 Å². The van der Waals surface area contributed by atoms with Crippen LogP contribution in [0.3, 0.4) is 0 Å². The van der Waals surface area contributed by atoms with Crippen molar-refractivity contribution >= 4 is 16.9 Å². The van der Waals surface area contributed by atoms with Crippen molar-refractivity contribution in [3.63, 3.8) is 0 Å². The molecule has 4 rings (SSSR count). The van der Waals surface area contributed by atoms with Gasteiger partial charge in [0.15, 0.2) is 5.82 Å². The Morgan fingerprint density at radius 3 is 2.44 bits per heavy atom. The van der Waals surface area contributed by atoms with Crippen molar-refractivity contribution < 1.29 is 17.6 Å². The van der Waals surface area contributed by atoms with Gasteiger partial charge in [-0.3, -0.25) is 9.47 Å². The molecule has 2 aromatic heterocycles. The Bertz CT molecular complexity index is 1700. The minimum Gasteiger partial charge on any atom is -0.349 e. The average molecular weight is 623 g/mol. The summed E-state index contributed by atoms with van der Waals surface area (Å²) in [6.45, 7) is 7.98. The number of nitriles is 1. The molecule has 0 bridgehead atoms. The first-order chi connectivity index (χ1) is 21.4. The molecule has 1 saturated heterocycles. The fourth-order valence-corrected chi connectivity index (χ4v) is 5.67. The number of fused-ring (bicyclic) bond motifs is 1. The van der Waals surface area contributed by atoms with E-state index in [4.69, 9.17) is 0 Å². The van der Waals surface area contributed by atoms with E-state index in [-0.39, 0.29) is 17.8 Å². The number of rotatable bonds is 9. The summed E-state index contributed by atoms with van der Waals surface area (Å²) in [6.07, 6.45) is 4.24. The van der Waals surface area contributed by atoms with Crippen LogP contribution in [0.1, 0.15) is 64.3 Å². The Kier molecular flexibility index (Phi) is 10.6. The third-order valence-electron chi connectivity index (χ3n) is 8.25. The second-order valence-corrected chi connectivity index (χ2v) is 11.4. The fourth-order valence-electron chi connectivity index (χ4n) is 5.67. The maximum Gasteiger partial charge on any atom is 0.412 e. The lowest BCUT2D eigenvalue weighted by Gasteiger charge is -2.49. The molecule has 1 aromatic carbocycles. The highest BCUT2D eigenvalue weighted by Gasteiger charge is 2.38. The number of aryl methyl sites for hydroxylation is 1. The van der Waals surface area contributed by atoms with Crippen molar-refractivity contribution in [3.8, 4) is 6.07 Å². The normalized spacial score (nSPS) is 19.3. The van der Waals surface area contributed by atoms with Crippen LogP contribution in [-0.4, -0.2) is 50.8 Å². The predicted octanol–water partition coefficient (Wildman–Crippen LogP) is 7.16. The van der Waals surface area contributed by atoms with Crippen molar-refractivity contribution in [2.45, 2.75) is 71.3 Å². The summed E-state index contributed by atoms with van der Waals surface area (Å²) in [4.78, 5) is 26.0. The van der Waals surface area contributed by atoms with E-state index < -0.39 is 29.3 Å². The van der Waals surface area contributed by atoms with Gasteiger partial charge in [0, 0.05) is 37.8 Å². The third kappa shape index (κ3) is 7.51. The monoisotopic (exact) mass is 622 g/mol. The molecule has 3 atom stereocenters. The van der Waals surface area contributed by atoms with Gasteiger partial charge in [0.2, 0.25) is 0 Å². The number of allylic oxidation sites excluding steroid dienone is 4. The van der Waals surface area contributed by atoms with E-state index in [0.717, 1.165) is 31.4 Å². The van der Waals surface area contributed by atoms with Gasteiger partial charge in [-0.25, -0.2) is 14.2 Å². The SMILES string of the molecule is CCC/C=C/C(=C\C=C(/C)C(F)(F)F)C(c1ccc(F)cc1)N1CC(C)N(c2nc(=O)n(C)c3ccc(C#N)nc23)C[C@H]1CC. The Morgan fingerprint density at radius 2 is 1.82 bits per heavy atom. The number of nitrogens with zero attached hydrogens (tertiary/aromatic N) is 6. The van der Waals surface area contributed by atoms with E-state index in [9.17, 15) is 27.6 Å². The molecule has 2 unspecified atom stereocenters. The number of pyridine rings is 1. The Balaban J connectivity index is 1.85. The van der Waals surface area contributed by atoms with Crippen LogP contribution in [-0.2, 0) is 7.05 Å². The molecule has 0 amide bonds. The molecule has 45 heavy (non-hydrogen) atoms. The van der Waals surface area contributed by atoms with Gasteiger partial charge in [-0.1, -0.05) is 56.7 Å². The zero-order chi connectivity index (χ0) is 32.9. The van der Waals surface area contributed by atoms with Gasteiger partial charge in [0.05, 0.1) is 11.6 Å². The molecule has 0 saturated carbocycles. The molecule has 3 heterocycles. The zero-order valence-electron chi connectivity index (χ0n) is 26.1. The summed E-state index contributed by atoms with van der Waals surface area (Å²) < 4.78 is 55.9. The molecule has 0 aliphatic carbocycles. The van der Waals surface area contributed by atoms with Gasteiger partial charge >= 0.3 is 11.9 Å². The lowest BCUT2D eigenvalue weighted by Crippen LogP contribution is -2.58. The van der Waals surface area contributed by atoms with Crippen molar-refractivity contribution in [3.05, 3.63) is 99.4 Å². The lowest BCUT2D eigenvalue weighted by molar-refractivity contribution is -0.0913. The number of piperazine rings is 1. The van der Waals surface area contributed by atoms with E-state index in [2.05, 4.69) is 20.9 Å². The molecule has 1 aliphatic heterocycles. The molecule has 11 heteroatoms. The standard InChI is InChI=1S/C34H38F4N6O/c1-6-8-9-10-24(12-11-22(3)34(36,37)38)31(25-13-15-26(35)16-14-25)44-20-23(4)43(21-28(44)7-2)32-30-29(42(5)33(45)41-32)18-17-27(19-39)40-30/h9-18,23,28,31H,6-8,20-21H2,1-5H3/b10-9+,22-11+,24-12+/t23?,28-,31?/m1/s1. The summed E-state index contributed by atoms with van der Waals surface area (Å²) in [5, 5.41) is 9.50. The molecule has 0 spiro atoms. The zero-order valence-corrected chi connectivity index (χ0v) is 26.1. The van der Waals surface area contributed by atoms with E-state index in [0.29, 0.717) is 41.9 Å². The summed E-state index contributed by atoms with van der Waals surface area (Å²) >= 11 is 0. The number of aromatic nitrogens is 3. The van der Waals surface area contributed by atoms with Gasteiger partial charge in [0.25, 0.3) is 0 Å². The topological polar surface area (TPSA) is 78.0 Å². The highest BCUT2D eigenvalue weighted by atomic mass is 19.4. The van der Waals surface area contributed by atoms with E-state index in [1.54, 1.807) is 31.3 Å². The number of halogens is 4. The van der Waals surface area contributed by atoms with Crippen molar-refractivity contribution in [1.29, 1.82) is 5.26 Å². The summed E-state index contributed by atoms with van der Waals surface area (Å²) in [5.74, 6) is -0.0214. The van der Waals surface area contributed by atoms with Crippen LogP contribution in [0, 0.1) is 17.1 Å². The fraction of sp³-hybridized carbons (Fsp3) is 0.412. The largest absolute Gasteiger partial charge is 0.412 e. The van der Waals surface area contributed by atoms with E-state index >= 15 is 0 Å². The molecule has 1 aliphatic rings. The molecule has 7 nitrogen and oxygen atoms in total. The highest BCUT2D eigenvalue weighted by Crippen LogP contribution is 2.37. The number of benzene rings is 1. The quantitative estimate of drug-likeness (QED) is 0.186. The van der Waals surface area contributed by atoms with Crippen LogP contribution >= 0.6 is 0 Å². The highest BCUT2D eigenvalue weighted by molar-refractivity contribution is 5.86. The minimum absolute atomic E-state index is 0.132. The van der Waals surface area contributed by atoms with Crippen molar-refractivity contribution in [2.24, 2.45) is 7.05 Å². The second-order valence-electron chi connectivity index (χ2n) is 11.4. The van der Waals surface area contributed by atoms with Gasteiger partial charge < -0.3 is 4.90 Å². The smallest absolute Gasteiger partial charge is 0.349 e. The van der Waals surface area contributed by atoms with Crippen LogP contribution in [0.2, 0.25) is 0 Å². The molecular formula is C34H38F4N6O. The maximum atomic E-state index is 14.1. The van der Waals surface area contributed by atoms with Gasteiger partial charge in [-0.15, -0.1) is 0 Å². The molecule has 3 aromatic rings. The van der Waals surface area contributed by atoms with Gasteiger partial charge in [0.1, 0.15) is 23.1 Å². The van der Waals surface area contributed by atoms with Crippen LogP contribution in [0.4, 0.5) is 23.4 Å². The summed E-state index contributed by atoms with van der Waals surface area (Å²) in [7, 11) is 1.60. The number of unbranched alkanes of at least 4 members (excludes halogenated alkanes) is 1. The van der Waals surface area contributed by atoms with E-state index in [1.165, 1.54) is 22.8 Å². The Labute approximate surface area is 260 Å². The Hall–Kier alpha value is -4.30. The molecular weight excluding hydrogens is 584 g/mol. The first-order valence-corrected chi connectivity index (χ1v) is 15.1. The lowest BCUT2D eigenvalue weighted by atomic mass is 9.91. The van der Waals surface area contributed by atoms with Gasteiger partial charge in [-0.2, -0.15) is 23.4 Å². The van der Waals surface area contributed by atoms with Crippen molar-refractivity contribution in [1.82, 2.24) is 19.4 Å². The third-order valence-corrected chi connectivity index (χ3v) is 8.25. The van der Waals surface area contributed by atoms with Crippen LogP contribution in [0.5, 0.6) is 0 Å². The number of anilines is 1. The molecule has 1 fully saturated rings. The maximum absolute atomic E-state index is 14.1. The first-order valence-electron chi connectivity index (χ1n) is 15.1. The summed E-state index contributed by atoms with van der Waals surface area (Å²) in [5.41, 5.74) is 1.42. The first kappa shape index (κ1) is 33.6. The predicted molar refractivity (Wildman–Crippen MR) is 168 cm³/mol. The van der Waals surface area contributed by atoms with Crippen molar-refractivity contribution in [2.75, 3.05) is 18.0 Å². The Morgan fingerprint density at radius 1 is 1.11 bits per heavy atom. The number of alkyl halides is 3. The summed E-state index contributed by atoms with van der Waals surface area (Å²) in [6, 6.07) is 10.6. The molecule has 238 valence electrons. The number of hydrogen-bond donors (Lipinski definition) is 0. The number of hydrogen-bond acceptors (Lipinski definition) is 6. The molecule has 0 radical (unpaired) electrons. The molecule has 0 N–H and O–H groups in total. The second kappa shape index (κ2) is 14.2. The minimum atomic E-state index is -4.46.